The summed E-state index contributed by atoms with van der Waals surface area (Å²) in [4.78, 5) is 6.93. The van der Waals surface area contributed by atoms with Crippen LogP contribution in [-0.4, -0.2) is 20.9 Å². The Balaban J connectivity index is 1.83. The molecule has 0 amide bonds. The number of aromatic nitrogens is 3. The van der Waals surface area contributed by atoms with Crippen LogP contribution in [0.25, 0.3) is 11.3 Å². The number of para-hydroxylation sites is 1. The SMILES string of the molecule is CCSc1nnc2c(n1)O[C@@H](c1ccc(C)s1)Nc1ccccc1-2. The van der Waals surface area contributed by atoms with E-state index in [9.17, 15) is 0 Å². The maximum absolute atomic E-state index is 6.20. The summed E-state index contributed by atoms with van der Waals surface area (Å²) in [6.07, 6.45) is -0.290. The summed E-state index contributed by atoms with van der Waals surface area (Å²) < 4.78 is 6.20. The second-order valence-corrected chi connectivity index (χ2v) is 7.87. The maximum atomic E-state index is 6.20. The lowest BCUT2D eigenvalue weighted by Gasteiger charge is -2.17. The normalized spacial score (nSPS) is 15.7. The zero-order valence-electron chi connectivity index (χ0n) is 13.3. The van der Waals surface area contributed by atoms with E-state index >= 15 is 0 Å². The zero-order valence-corrected chi connectivity index (χ0v) is 14.9. The van der Waals surface area contributed by atoms with Gasteiger partial charge in [-0.1, -0.05) is 36.9 Å². The average molecular weight is 356 g/mol. The predicted molar refractivity (Wildman–Crippen MR) is 97.7 cm³/mol. The molecular weight excluding hydrogens is 340 g/mol. The molecule has 7 heteroatoms. The van der Waals surface area contributed by atoms with Gasteiger partial charge in [0.2, 0.25) is 17.3 Å². The molecule has 4 rings (SSSR count). The van der Waals surface area contributed by atoms with Gasteiger partial charge in [0.25, 0.3) is 0 Å². The summed E-state index contributed by atoms with van der Waals surface area (Å²) in [5, 5.41) is 12.7. The number of fused-ring (bicyclic) bond motifs is 3. The van der Waals surface area contributed by atoms with Gasteiger partial charge in [0.15, 0.2) is 5.69 Å². The molecule has 1 aliphatic rings. The van der Waals surface area contributed by atoms with Crippen molar-refractivity contribution in [2.24, 2.45) is 0 Å². The Hall–Kier alpha value is -2.12. The number of benzene rings is 1. The van der Waals surface area contributed by atoms with E-state index < -0.39 is 0 Å². The molecule has 3 aromatic rings. The Labute approximate surface area is 148 Å². The summed E-state index contributed by atoms with van der Waals surface area (Å²) in [6, 6.07) is 12.2. The van der Waals surface area contributed by atoms with Gasteiger partial charge in [0, 0.05) is 16.1 Å². The van der Waals surface area contributed by atoms with Crippen molar-refractivity contribution < 1.29 is 4.74 Å². The van der Waals surface area contributed by atoms with Crippen molar-refractivity contribution in [3.8, 4) is 17.1 Å². The van der Waals surface area contributed by atoms with E-state index in [0.29, 0.717) is 16.7 Å². The molecule has 1 N–H and O–H groups in total. The van der Waals surface area contributed by atoms with Crippen molar-refractivity contribution >= 4 is 28.8 Å². The molecule has 0 fully saturated rings. The number of hydrogen-bond donors (Lipinski definition) is 1. The van der Waals surface area contributed by atoms with Crippen LogP contribution in [0.3, 0.4) is 0 Å². The smallest absolute Gasteiger partial charge is 0.247 e. The largest absolute Gasteiger partial charge is 0.447 e. The first-order chi connectivity index (χ1) is 11.7. The van der Waals surface area contributed by atoms with Gasteiger partial charge in [0.1, 0.15) is 0 Å². The molecule has 1 aliphatic heterocycles. The fourth-order valence-corrected chi connectivity index (χ4v) is 3.92. The lowest BCUT2D eigenvalue weighted by Crippen LogP contribution is -2.15. The van der Waals surface area contributed by atoms with Gasteiger partial charge in [-0.3, -0.25) is 0 Å². The Morgan fingerprint density at radius 3 is 2.88 bits per heavy atom. The molecule has 1 atom stereocenters. The minimum absolute atomic E-state index is 0.290. The van der Waals surface area contributed by atoms with Crippen molar-refractivity contribution in [1.29, 1.82) is 0 Å². The molecule has 122 valence electrons. The van der Waals surface area contributed by atoms with E-state index in [2.05, 4.69) is 46.5 Å². The van der Waals surface area contributed by atoms with E-state index in [4.69, 9.17) is 4.74 Å². The van der Waals surface area contributed by atoms with Crippen molar-refractivity contribution in [2.75, 3.05) is 11.1 Å². The van der Waals surface area contributed by atoms with Crippen LogP contribution in [0.4, 0.5) is 5.69 Å². The van der Waals surface area contributed by atoms with Gasteiger partial charge in [-0.05, 0) is 30.9 Å². The first-order valence-electron chi connectivity index (χ1n) is 7.71. The van der Waals surface area contributed by atoms with Crippen LogP contribution in [0.15, 0.2) is 41.6 Å². The number of rotatable bonds is 3. The van der Waals surface area contributed by atoms with Crippen LogP contribution in [0.5, 0.6) is 5.88 Å². The minimum atomic E-state index is -0.290. The van der Waals surface area contributed by atoms with E-state index in [-0.39, 0.29) is 6.23 Å². The molecule has 0 radical (unpaired) electrons. The number of ether oxygens (including phenoxy) is 1. The van der Waals surface area contributed by atoms with Gasteiger partial charge in [0.05, 0.1) is 4.88 Å². The maximum Gasteiger partial charge on any atom is 0.247 e. The first-order valence-corrected chi connectivity index (χ1v) is 9.51. The number of aryl methyl sites for hydroxylation is 1. The fraction of sp³-hybridized carbons (Fsp3) is 0.235. The highest BCUT2D eigenvalue weighted by Crippen LogP contribution is 2.40. The molecule has 3 heterocycles. The molecule has 24 heavy (non-hydrogen) atoms. The standard InChI is InChI=1S/C17H16N4OS2/c1-3-23-17-19-16-14(20-21-17)11-6-4-5-7-12(11)18-15(22-16)13-9-8-10(2)24-13/h4-9,15,18H,3H2,1-2H3/t15-/m0/s1. The highest BCUT2D eigenvalue weighted by Gasteiger charge is 2.26. The lowest BCUT2D eigenvalue weighted by molar-refractivity contribution is 0.229. The molecule has 2 aromatic heterocycles. The molecule has 1 aromatic carbocycles. The number of thiophene rings is 1. The number of anilines is 1. The molecule has 0 aliphatic carbocycles. The van der Waals surface area contributed by atoms with E-state index in [0.717, 1.165) is 21.9 Å². The van der Waals surface area contributed by atoms with Gasteiger partial charge < -0.3 is 10.1 Å². The summed E-state index contributed by atoms with van der Waals surface area (Å²) >= 11 is 3.27. The van der Waals surface area contributed by atoms with E-state index in [1.807, 2.05) is 24.3 Å². The van der Waals surface area contributed by atoms with Gasteiger partial charge in [-0.15, -0.1) is 21.5 Å². The zero-order chi connectivity index (χ0) is 16.5. The van der Waals surface area contributed by atoms with Crippen LogP contribution in [0, 0.1) is 6.92 Å². The van der Waals surface area contributed by atoms with Crippen LogP contribution in [-0.2, 0) is 0 Å². The van der Waals surface area contributed by atoms with Crippen molar-refractivity contribution in [3.05, 3.63) is 46.2 Å². The second kappa shape index (κ2) is 6.41. The number of nitrogens with one attached hydrogen (secondary N) is 1. The van der Waals surface area contributed by atoms with Crippen molar-refractivity contribution in [1.82, 2.24) is 15.2 Å². The lowest BCUT2D eigenvalue weighted by atomic mass is 10.1. The average Bonchev–Trinajstić information content (AvgIpc) is 2.95. The summed E-state index contributed by atoms with van der Waals surface area (Å²) in [7, 11) is 0. The highest BCUT2D eigenvalue weighted by atomic mass is 32.2. The second-order valence-electron chi connectivity index (χ2n) is 5.32. The van der Waals surface area contributed by atoms with Crippen molar-refractivity contribution in [3.63, 3.8) is 0 Å². The predicted octanol–water partition coefficient (Wildman–Crippen LogP) is 4.52. The third-order valence-corrected chi connectivity index (χ3v) is 5.39. The third-order valence-electron chi connectivity index (χ3n) is 3.63. The number of thioether (sulfide) groups is 1. The summed E-state index contributed by atoms with van der Waals surface area (Å²) in [5.74, 6) is 1.41. The Kier molecular flexibility index (Phi) is 4.12. The first kappa shape index (κ1) is 15.4. The van der Waals surface area contributed by atoms with Crippen molar-refractivity contribution in [2.45, 2.75) is 25.2 Å². The van der Waals surface area contributed by atoms with Crippen LogP contribution >= 0.6 is 23.1 Å². The Bertz CT molecular complexity index is 881. The van der Waals surface area contributed by atoms with Gasteiger partial charge >= 0.3 is 0 Å². The van der Waals surface area contributed by atoms with Crippen LogP contribution < -0.4 is 10.1 Å². The Morgan fingerprint density at radius 1 is 1.21 bits per heavy atom. The highest BCUT2D eigenvalue weighted by molar-refractivity contribution is 7.99. The molecule has 0 unspecified atom stereocenters. The van der Waals surface area contributed by atoms with Crippen LogP contribution in [0.1, 0.15) is 22.9 Å². The number of nitrogens with zero attached hydrogens (tertiary/aromatic N) is 3. The fourth-order valence-electron chi connectivity index (χ4n) is 2.56. The Morgan fingerprint density at radius 2 is 2.08 bits per heavy atom. The minimum Gasteiger partial charge on any atom is -0.447 e. The molecule has 0 spiro atoms. The van der Waals surface area contributed by atoms with Crippen LogP contribution in [0.2, 0.25) is 0 Å². The van der Waals surface area contributed by atoms with Gasteiger partial charge in [-0.25, -0.2) is 0 Å². The quantitative estimate of drug-likeness (QED) is 0.696. The summed E-state index contributed by atoms with van der Waals surface area (Å²) in [6.45, 7) is 4.15. The molecular formula is C17H16N4OS2. The third kappa shape index (κ3) is 2.85. The molecule has 0 saturated heterocycles. The number of hydrogen-bond acceptors (Lipinski definition) is 7. The molecule has 0 saturated carbocycles. The monoisotopic (exact) mass is 356 g/mol. The van der Waals surface area contributed by atoms with E-state index in [1.54, 1.807) is 23.1 Å². The summed E-state index contributed by atoms with van der Waals surface area (Å²) in [5.41, 5.74) is 2.60. The van der Waals surface area contributed by atoms with E-state index in [1.165, 1.54) is 4.88 Å². The van der Waals surface area contributed by atoms with Gasteiger partial charge in [-0.2, -0.15) is 4.98 Å². The topological polar surface area (TPSA) is 59.9 Å². The molecule has 0 bridgehead atoms. The molecule has 5 nitrogen and oxygen atoms in total.